The van der Waals surface area contributed by atoms with Crippen LogP contribution < -0.4 is 20.7 Å². The summed E-state index contributed by atoms with van der Waals surface area (Å²) in [5, 5.41) is 19.1. The first-order valence-electron chi connectivity index (χ1n) is 20.8. The third-order valence-electron chi connectivity index (χ3n) is 13.0. The molecule has 15 nitrogen and oxygen atoms in total. The average Bonchev–Trinajstić information content (AvgIpc) is 3.75. The highest BCUT2D eigenvalue weighted by atomic mass is 19.1. The van der Waals surface area contributed by atoms with E-state index in [-0.39, 0.29) is 24.8 Å². The second kappa shape index (κ2) is 15.2. The number of para-hydroxylation sites is 1. The molecule has 2 aromatic heterocycles. The number of carbonyl (C=O) groups is 3. The van der Waals surface area contributed by atoms with Crippen molar-refractivity contribution >= 4 is 40.3 Å². The van der Waals surface area contributed by atoms with Gasteiger partial charge in [-0.3, -0.25) is 34.4 Å². The number of aliphatic hydroxyl groups is 1. The number of carbonyl (C=O) groups excluding carboxylic acids is 3. The normalized spacial score (nSPS) is 22.9. The maximum atomic E-state index is 16.3. The molecule has 5 aromatic rings. The van der Waals surface area contributed by atoms with Gasteiger partial charge in [0.2, 0.25) is 11.8 Å². The molecule has 0 bridgehead atoms. The summed E-state index contributed by atoms with van der Waals surface area (Å²) in [5.41, 5.74) is 9.05. The van der Waals surface area contributed by atoms with Crippen molar-refractivity contribution in [3.05, 3.63) is 90.3 Å². The molecule has 0 spiro atoms. The first-order valence-corrected chi connectivity index (χ1v) is 20.8. The molecule has 2 unspecified atom stereocenters. The summed E-state index contributed by atoms with van der Waals surface area (Å²) in [7, 11) is 0. The Morgan fingerprint density at radius 3 is 2.35 bits per heavy atom. The molecule has 0 saturated carbocycles. The second-order valence-corrected chi connectivity index (χ2v) is 16.8. The van der Waals surface area contributed by atoms with Gasteiger partial charge in [0.15, 0.2) is 11.9 Å². The highest BCUT2D eigenvalue weighted by molar-refractivity contribution is 6.06. The number of nitrogens with zero attached hydrogens (tertiary/aromatic N) is 8. The molecule has 10 rings (SSSR count). The largest absolute Gasteiger partial charge is 0.457 e. The van der Waals surface area contributed by atoms with Crippen molar-refractivity contribution in [2.75, 3.05) is 56.4 Å². The lowest BCUT2D eigenvalue weighted by Crippen LogP contribution is -2.63. The molecule has 3 amide bonds. The van der Waals surface area contributed by atoms with Gasteiger partial charge in [-0.1, -0.05) is 24.3 Å². The highest BCUT2D eigenvalue weighted by Crippen LogP contribution is 2.40. The van der Waals surface area contributed by atoms with E-state index >= 15 is 4.39 Å². The van der Waals surface area contributed by atoms with Crippen molar-refractivity contribution in [3.8, 4) is 22.8 Å². The molecular formula is C44H47FN10O5. The molecule has 0 radical (unpaired) electrons. The van der Waals surface area contributed by atoms with E-state index < -0.39 is 29.8 Å². The smallest absolute Gasteiger partial charge is 0.257 e. The summed E-state index contributed by atoms with van der Waals surface area (Å²) in [6.45, 7) is 4.89. The van der Waals surface area contributed by atoms with Crippen molar-refractivity contribution in [1.82, 2.24) is 39.8 Å². The minimum Gasteiger partial charge on any atom is -0.457 e. The first kappa shape index (κ1) is 38.2. The number of ether oxygens (including phenoxy) is 1. The van der Waals surface area contributed by atoms with Crippen LogP contribution in [0.15, 0.2) is 79.1 Å². The molecule has 2 atom stereocenters. The number of imide groups is 1. The van der Waals surface area contributed by atoms with Crippen LogP contribution in [0.4, 0.5) is 15.9 Å². The Morgan fingerprint density at radius 1 is 0.883 bits per heavy atom. The molecule has 5 aliphatic heterocycles. The lowest BCUT2D eigenvalue weighted by Gasteiger charge is -2.50. The number of piperidine rings is 3. The van der Waals surface area contributed by atoms with Gasteiger partial charge in [0, 0.05) is 93.5 Å². The van der Waals surface area contributed by atoms with E-state index in [1.807, 2.05) is 65.3 Å². The molecule has 3 aromatic carbocycles. The Morgan fingerprint density at radius 2 is 1.62 bits per heavy atom. The minimum absolute atomic E-state index is 0.104. The number of aromatic nitrogens is 4. The molecule has 0 aliphatic carbocycles. The second-order valence-electron chi connectivity index (χ2n) is 16.8. The highest BCUT2D eigenvalue weighted by Gasteiger charge is 2.46. The third-order valence-corrected chi connectivity index (χ3v) is 13.0. The van der Waals surface area contributed by atoms with Crippen LogP contribution in [0.1, 0.15) is 66.7 Å². The molecular weight excluding hydrogens is 768 g/mol. The van der Waals surface area contributed by atoms with E-state index in [0.717, 1.165) is 83.4 Å². The molecule has 4 saturated heterocycles. The van der Waals surface area contributed by atoms with E-state index in [0.29, 0.717) is 55.5 Å². The number of anilines is 2. The SMILES string of the molecule is Nc1ncnc2c1c(-c1ccc(Oc3ccccc3)cc1)nn2C1CCN(C2CN(CC3(F)CCN(c4ccc5c(c4)C(=O)N(C4CCC(=O)NC4=O)C5O)CC3)C2)CC1. The van der Waals surface area contributed by atoms with Crippen molar-refractivity contribution in [2.24, 2.45) is 0 Å². The van der Waals surface area contributed by atoms with Crippen LogP contribution in [0.3, 0.4) is 0 Å². The van der Waals surface area contributed by atoms with Crippen molar-refractivity contribution in [2.45, 2.75) is 68.5 Å². The summed E-state index contributed by atoms with van der Waals surface area (Å²) >= 11 is 0. The Labute approximate surface area is 345 Å². The summed E-state index contributed by atoms with van der Waals surface area (Å²) in [4.78, 5) is 54.5. The van der Waals surface area contributed by atoms with Crippen LogP contribution in [-0.4, -0.2) is 121 Å². The van der Waals surface area contributed by atoms with Crippen LogP contribution in [0.5, 0.6) is 11.5 Å². The van der Waals surface area contributed by atoms with Crippen LogP contribution in [0.25, 0.3) is 22.3 Å². The standard InChI is InChI=1S/C44H47FN10O5/c45-44(16-20-53(21-17-44)29-8-11-33-34(22-29)43(59)54(42(33)58)35-12-13-36(56)49-41(35)57)25-51-23-30(24-51)52-18-14-28(15-19-52)55-40-37(39(46)47-26-48-40)38(50-55)27-6-9-32(10-7-27)60-31-4-2-1-3-5-31/h1-11,22,26,28,30,35,42,58H,12-21,23-25H2,(H2,46,47,48)(H,49,56,57). The van der Waals surface area contributed by atoms with Crippen molar-refractivity contribution < 1.29 is 28.6 Å². The fourth-order valence-electron chi connectivity index (χ4n) is 9.69. The van der Waals surface area contributed by atoms with Gasteiger partial charge in [0.25, 0.3) is 5.91 Å². The number of benzene rings is 3. The zero-order valence-corrected chi connectivity index (χ0v) is 33.1. The average molecular weight is 815 g/mol. The van der Waals surface area contributed by atoms with Gasteiger partial charge in [-0.05, 0) is 67.8 Å². The Kier molecular flexibility index (Phi) is 9.72. The Bertz CT molecular complexity index is 2440. The predicted octanol–water partition coefficient (Wildman–Crippen LogP) is 4.45. The molecule has 5 aliphatic rings. The van der Waals surface area contributed by atoms with E-state index in [1.54, 1.807) is 12.1 Å². The zero-order chi connectivity index (χ0) is 41.1. The monoisotopic (exact) mass is 814 g/mol. The number of nitrogens with one attached hydrogen (secondary N) is 1. The Balaban J connectivity index is 0.720. The van der Waals surface area contributed by atoms with E-state index in [1.165, 1.54) is 6.33 Å². The van der Waals surface area contributed by atoms with Gasteiger partial charge in [-0.15, -0.1) is 0 Å². The van der Waals surface area contributed by atoms with E-state index in [9.17, 15) is 19.5 Å². The van der Waals surface area contributed by atoms with Gasteiger partial charge in [-0.2, -0.15) is 5.10 Å². The predicted molar refractivity (Wildman–Crippen MR) is 221 cm³/mol. The van der Waals surface area contributed by atoms with Gasteiger partial charge in [0.1, 0.15) is 41.0 Å². The van der Waals surface area contributed by atoms with Crippen LogP contribution in [0, 0.1) is 0 Å². The quantitative estimate of drug-likeness (QED) is 0.179. The molecule has 16 heteroatoms. The maximum Gasteiger partial charge on any atom is 0.257 e. The van der Waals surface area contributed by atoms with Gasteiger partial charge in [0.05, 0.1) is 11.4 Å². The number of rotatable bonds is 9. The van der Waals surface area contributed by atoms with Crippen molar-refractivity contribution in [1.29, 1.82) is 0 Å². The molecule has 7 heterocycles. The topological polar surface area (TPSA) is 175 Å². The summed E-state index contributed by atoms with van der Waals surface area (Å²) in [5.74, 6) is 0.481. The summed E-state index contributed by atoms with van der Waals surface area (Å²) in [6.07, 6.45) is 3.05. The fraction of sp³-hybridized carbons (Fsp3) is 0.409. The Hall–Kier alpha value is -5.97. The molecule has 4 fully saturated rings. The number of hydrogen-bond donors (Lipinski definition) is 3. The minimum atomic E-state index is -1.31. The number of aliphatic hydroxyl groups excluding tert-OH is 1. The zero-order valence-electron chi connectivity index (χ0n) is 33.1. The summed E-state index contributed by atoms with van der Waals surface area (Å²) in [6, 6.07) is 22.4. The van der Waals surface area contributed by atoms with Gasteiger partial charge < -0.3 is 20.5 Å². The number of hydrogen-bond acceptors (Lipinski definition) is 12. The van der Waals surface area contributed by atoms with Gasteiger partial charge in [-0.25, -0.2) is 19.0 Å². The van der Waals surface area contributed by atoms with Crippen molar-refractivity contribution in [3.63, 3.8) is 0 Å². The third kappa shape index (κ3) is 7.01. The lowest BCUT2D eigenvalue weighted by molar-refractivity contribution is -0.139. The lowest BCUT2D eigenvalue weighted by atomic mass is 9.90. The van der Waals surface area contributed by atoms with Crippen LogP contribution in [-0.2, 0) is 9.59 Å². The number of fused-ring (bicyclic) bond motifs is 2. The number of nitrogen functional groups attached to an aromatic ring is 1. The number of alkyl halides is 1. The maximum absolute atomic E-state index is 16.3. The summed E-state index contributed by atoms with van der Waals surface area (Å²) < 4.78 is 24.3. The van der Waals surface area contributed by atoms with E-state index in [2.05, 4.69) is 30.0 Å². The number of halogens is 1. The molecule has 4 N–H and O–H groups in total. The van der Waals surface area contributed by atoms with Crippen LogP contribution >= 0.6 is 0 Å². The first-order chi connectivity index (χ1) is 29.1. The fourth-order valence-corrected chi connectivity index (χ4v) is 9.69. The molecule has 310 valence electrons. The number of likely N-dealkylation sites (tertiary alicyclic amines) is 2. The van der Waals surface area contributed by atoms with E-state index in [4.69, 9.17) is 15.6 Å². The number of nitrogens with two attached hydrogens (primary N) is 1. The van der Waals surface area contributed by atoms with Gasteiger partial charge >= 0.3 is 0 Å². The van der Waals surface area contributed by atoms with Crippen LogP contribution in [0.2, 0.25) is 0 Å². The number of amides is 3. The molecule has 60 heavy (non-hydrogen) atoms.